The first-order valence-corrected chi connectivity index (χ1v) is 8.94. The van der Waals surface area contributed by atoms with Crippen LogP contribution in [0.15, 0.2) is 46.0 Å². The Kier molecular flexibility index (Phi) is 6.86. The summed E-state index contributed by atoms with van der Waals surface area (Å²) in [4.78, 5) is 17.9. The van der Waals surface area contributed by atoms with Gasteiger partial charge in [0.1, 0.15) is 23.8 Å². The molecule has 1 saturated heterocycles. The van der Waals surface area contributed by atoms with Crippen LogP contribution in [-0.2, 0) is 4.74 Å². The SMILES string of the molecule is Cl.O=c1[nH]c(-c2ccncc2O[C@@H]2CNCCO[C@H]2c2ccc(Cl)c(F)c2)no1. The third kappa shape index (κ3) is 4.76. The molecule has 2 atom stereocenters. The van der Waals surface area contributed by atoms with Crippen molar-refractivity contribution in [2.45, 2.75) is 12.2 Å². The van der Waals surface area contributed by atoms with E-state index in [9.17, 15) is 9.18 Å². The second kappa shape index (κ2) is 9.36. The van der Waals surface area contributed by atoms with Crippen molar-refractivity contribution in [1.29, 1.82) is 0 Å². The molecular formula is C18H17Cl2FN4O4. The number of hydrogen-bond acceptors (Lipinski definition) is 7. The first kappa shape index (κ1) is 21.3. The van der Waals surface area contributed by atoms with Gasteiger partial charge in [0.25, 0.3) is 0 Å². The van der Waals surface area contributed by atoms with Gasteiger partial charge in [-0.25, -0.2) is 9.18 Å². The van der Waals surface area contributed by atoms with Gasteiger partial charge in [-0.05, 0) is 23.8 Å². The van der Waals surface area contributed by atoms with E-state index < -0.39 is 23.8 Å². The van der Waals surface area contributed by atoms with Crippen LogP contribution in [0.3, 0.4) is 0 Å². The number of ether oxygens (including phenoxy) is 2. The van der Waals surface area contributed by atoms with E-state index in [0.717, 1.165) is 0 Å². The molecule has 2 aromatic heterocycles. The molecular weight excluding hydrogens is 426 g/mol. The van der Waals surface area contributed by atoms with Gasteiger partial charge >= 0.3 is 5.76 Å². The Balaban J connectivity index is 0.00000240. The fraction of sp³-hybridized carbons (Fsp3) is 0.278. The van der Waals surface area contributed by atoms with Gasteiger partial charge in [-0.3, -0.25) is 14.5 Å². The van der Waals surface area contributed by atoms with Crippen molar-refractivity contribution in [2.75, 3.05) is 19.7 Å². The normalized spacial score (nSPS) is 19.2. The highest BCUT2D eigenvalue weighted by molar-refractivity contribution is 6.30. The minimum Gasteiger partial charge on any atom is -0.484 e. The Labute approximate surface area is 175 Å². The highest BCUT2D eigenvalue weighted by Crippen LogP contribution is 2.32. The lowest BCUT2D eigenvalue weighted by Crippen LogP contribution is -2.34. The van der Waals surface area contributed by atoms with Crippen LogP contribution in [0.1, 0.15) is 11.7 Å². The summed E-state index contributed by atoms with van der Waals surface area (Å²) < 4.78 is 30.6. The zero-order valence-corrected chi connectivity index (χ0v) is 16.5. The summed E-state index contributed by atoms with van der Waals surface area (Å²) in [5, 5.41) is 6.96. The van der Waals surface area contributed by atoms with Gasteiger partial charge in [-0.2, -0.15) is 0 Å². The fourth-order valence-electron chi connectivity index (χ4n) is 3.00. The maximum Gasteiger partial charge on any atom is 0.439 e. The number of halogens is 3. The Morgan fingerprint density at radius 1 is 1.31 bits per heavy atom. The standard InChI is InChI=1S/C18H16ClFN4O4.ClH/c19-12-2-1-10(7-13(12)20)16-15(9-22-5-6-26-16)27-14-8-21-4-3-11(14)17-23-18(25)28-24-17;/h1-4,7-8,15-16,22H,5-6,9H2,(H,23,24,25);1H/t15-,16+;/m1./s1. The smallest absolute Gasteiger partial charge is 0.439 e. The Hall–Kier alpha value is -2.46. The van der Waals surface area contributed by atoms with Gasteiger partial charge in [-0.15, -0.1) is 12.4 Å². The molecule has 3 aromatic rings. The third-order valence-corrected chi connectivity index (χ3v) is 4.60. The van der Waals surface area contributed by atoms with Crippen LogP contribution in [0.25, 0.3) is 11.4 Å². The van der Waals surface area contributed by atoms with Crippen molar-refractivity contribution >= 4 is 24.0 Å². The largest absolute Gasteiger partial charge is 0.484 e. The lowest BCUT2D eigenvalue weighted by molar-refractivity contribution is -0.00846. The minimum atomic E-state index is -0.674. The second-order valence-electron chi connectivity index (χ2n) is 6.14. The van der Waals surface area contributed by atoms with Crippen LogP contribution in [0.2, 0.25) is 5.02 Å². The van der Waals surface area contributed by atoms with Crippen molar-refractivity contribution < 1.29 is 18.4 Å². The molecule has 0 amide bonds. The van der Waals surface area contributed by atoms with Crippen LogP contribution in [0, 0.1) is 5.82 Å². The van der Waals surface area contributed by atoms with E-state index in [-0.39, 0.29) is 23.3 Å². The average Bonchev–Trinajstić information content (AvgIpc) is 2.99. The molecule has 4 rings (SSSR count). The maximum absolute atomic E-state index is 14.0. The molecule has 1 fully saturated rings. The number of nitrogens with one attached hydrogen (secondary N) is 2. The monoisotopic (exact) mass is 442 g/mol. The van der Waals surface area contributed by atoms with E-state index in [2.05, 4.69) is 25.0 Å². The van der Waals surface area contributed by atoms with Gasteiger partial charge in [0, 0.05) is 19.3 Å². The third-order valence-electron chi connectivity index (χ3n) is 4.29. The van der Waals surface area contributed by atoms with E-state index in [1.165, 1.54) is 18.3 Å². The predicted octanol–water partition coefficient (Wildman–Crippen LogP) is 2.75. The minimum absolute atomic E-state index is 0. The molecule has 11 heteroatoms. The Morgan fingerprint density at radius 3 is 2.93 bits per heavy atom. The molecule has 0 saturated carbocycles. The quantitative estimate of drug-likeness (QED) is 0.640. The molecule has 2 N–H and O–H groups in total. The second-order valence-corrected chi connectivity index (χ2v) is 6.55. The maximum atomic E-state index is 14.0. The van der Waals surface area contributed by atoms with Gasteiger partial charge in [0.15, 0.2) is 5.82 Å². The number of benzene rings is 1. The molecule has 0 bridgehead atoms. The van der Waals surface area contributed by atoms with Crippen molar-refractivity contribution in [1.82, 2.24) is 20.4 Å². The van der Waals surface area contributed by atoms with Crippen LogP contribution >= 0.6 is 24.0 Å². The summed E-state index contributed by atoms with van der Waals surface area (Å²) in [7, 11) is 0. The number of pyridine rings is 1. The topological polar surface area (TPSA) is 102 Å². The number of nitrogens with zero attached hydrogens (tertiary/aromatic N) is 2. The Morgan fingerprint density at radius 2 is 2.17 bits per heavy atom. The zero-order valence-electron chi connectivity index (χ0n) is 14.9. The summed E-state index contributed by atoms with van der Waals surface area (Å²) >= 11 is 5.80. The lowest BCUT2D eigenvalue weighted by Gasteiger charge is -2.26. The summed E-state index contributed by atoms with van der Waals surface area (Å²) in [6, 6.07) is 6.18. The molecule has 1 aromatic carbocycles. The van der Waals surface area contributed by atoms with Crippen molar-refractivity contribution in [3.05, 3.63) is 63.6 Å². The van der Waals surface area contributed by atoms with Gasteiger partial charge in [0.2, 0.25) is 0 Å². The Bertz CT molecular complexity index is 1030. The van der Waals surface area contributed by atoms with E-state index in [0.29, 0.717) is 36.6 Å². The molecule has 0 spiro atoms. The fourth-order valence-corrected chi connectivity index (χ4v) is 3.12. The van der Waals surface area contributed by atoms with Crippen molar-refractivity contribution in [3.8, 4) is 17.1 Å². The molecule has 0 radical (unpaired) electrons. The van der Waals surface area contributed by atoms with Gasteiger partial charge < -0.3 is 14.8 Å². The van der Waals surface area contributed by atoms with E-state index in [1.807, 2.05) is 0 Å². The van der Waals surface area contributed by atoms with Crippen LogP contribution in [0.4, 0.5) is 4.39 Å². The number of aromatic amines is 1. The van der Waals surface area contributed by atoms with E-state index in [1.54, 1.807) is 18.3 Å². The number of hydrogen-bond donors (Lipinski definition) is 2. The van der Waals surface area contributed by atoms with E-state index in [4.69, 9.17) is 21.1 Å². The van der Waals surface area contributed by atoms with Gasteiger partial charge in [0.05, 0.1) is 23.4 Å². The highest BCUT2D eigenvalue weighted by Gasteiger charge is 2.29. The summed E-state index contributed by atoms with van der Waals surface area (Å²) in [6.45, 7) is 1.52. The molecule has 3 heterocycles. The molecule has 8 nitrogen and oxygen atoms in total. The average molecular weight is 443 g/mol. The highest BCUT2D eigenvalue weighted by atomic mass is 35.5. The van der Waals surface area contributed by atoms with Crippen LogP contribution < -0.4 is 15.8 Å². The van der Waals surface area contributed by atoms with Gasteiger partial charge in [-0.1, -0.05) is 22.8 Å². The van der Waals surface area contributed by atoms with E-state index >= 15 is 0 Å². The lowest BCUT2D eigenvalue weighted by atomic mass is 10.0. The molecule has 0 unspecified atom stereocenters. The van der Waals surface area contributed by atoms with Crippen LogP contribution in [0.5, 0.6) is 5.75 Å². The van der Waals surface area contributed by atoms with Crippen molar-refractivity contribution in [3.63, 3.8) is 0 Å². The zero-order chi connectivity index (χ0) is 19.5. The summed E-state index contributed by atoms with van der Waals surface area (Å²) in [5.74, 6) is -0.601. The number of H-pyrrole nitrogens is 1. The van der Waals surface area contributed by atoms with Crippen LogP contribution in [-0.4, -0.2) is 40.9 Å². The molecule has 0 aliphatic carbocycles. The first-order valence-electron chi connectivity index (χ1n) is 8.56. The molecule has 154 valence electrons. The molecule has 1 aliphatic heterocycles. The number of rotatable bonds is 4. The molecule has 1 aliphatic rings. The number of aromatic nitrogens is 3. The first-order chi connectivity index (χ1) is 13.6. The molecule has 29 heavy (non-hydrogen) atoms. The summed E-state index contributed by atoms with van der Waals surface area (Å²) in [6.07, 6.45) is 2.02. The predicted molar refractivity (Wildman–Crippen MR) is 105 cm³/mol. The van der Waals surface area contributed by atoms with Crippen molar-refractivity contribution in [2.24, 2.45) is 0 Å². The summed E-state index contributed by atoms with van der Waals surface area (Å²) in [5.41, 5.74) is 1.11.